The third kappa shape index (κ3) is 8.58. The van der Waals surface area contributed by atoms with Gasteiger partial charge in [-0.1, -0.05) is 58.0 Å². The SMILES string of the molecule is CCO[C@@H]1C2=NC(c3ccc4c(c3)c(c(-c3cccnc3[C@H](C)OC)n4CC)CC(C)(C)COC(=O)[C@@H]3CCCN(N3)C(=O)[C@H]1NC(=O)[C@@H]1[C@@H](C)[C@H]1c1cc3ccccc3cn1)C(C)S2. The number of nitrogens with one attached hydrogen (secondary N) is 2. The number of fused-ring (bicyclic) bond motifs is 6. The molecule has 4 aliphatic rings. The summed E-state index contributed by atoms with van der Waals surface area (Å²) in [6, 6.07) is 18.7. The molecular weight excluding hydrogens is 839 g/mol. The van der Waals surface area contributed by atoms with E-state index in [1.54, 1.807) is 18.9 Å². The monoisotopic (exact) mass is 899 g/mol. The van der Waals surface area contributed by atoms with Crippen molar-refractivity contribution in [1.29, 1.82) is 0 Å². The molecule has 3 aliphatic heterocycles. The largest absolute Gasteiger partial charge is 0.464 e. The molecule has 342 valence electrons. The van der Waals surface area contributed by atoms with Gasteiger partial charge in [-0.3, -0.25) is 34.4 Å². The average Bonchev–Trinajstić information content (AvgIpc) is 3.70. The lowest BCUT2D eigenvalue weighted by Gasteiger charge is -2.37. The van der Waals surface area contributed by atoms with Crippen LogP contribution in [-0.2, 0) is 41.6 Å². The Labute approximate surface area is 385 Å². The van der Waals surface area contributed by atoms with Crippen LogP contribution in [0.2, 0.25) is 0 Å². The summed E-state index contributed by atoms with van der Waals surface area (Å²) in [5.41, 5.74) is 9.77. The molecular formula is C51H61N7O6S. The maximum absolute atomic E-state index is 15.0. The molecule has 2 aromatic carbocycles. The Kier molecular flexibility index (Phi) is 12.6. The van der Waals surface area contributed by atoms with Crippen molar-refractivity contribution in [2.24, 2.45) is 22.2 Å². The molecule has 2 unspecified atom stereocenters. The quantitative estimate of drug-likeness (QED) is 0.139. The van der Waals surface area contributed by atoms with E-state index in [1.165, 1.54) is 5.01 Å². The number of hydrogen-bond donors (Lipinski definition) is 2. The molecule has 6 bridgehead atoms. The second-order valence-electron chi connectivity index (χ2n) is 18.9. The van der Waals surface area contributed by atoms with Gasteiger partial charge in [-0.15, -0.1) is 11.8 Å². The molecule has 0 radical (unpaired) electrons. The first-order chi connectivity index (χ1) is 31.3. The van der Waals surface area contributed by atoms with Gasteiger partial charge >= 0.3 is 5.97 Å². The smallest absolute Gasteiger partial charge is 0.324 e. The molecule has 5 aromatic rings. The second-order valence-corrected chi connectivity index (χ2v) is 20.3. The normalized spacial score (nSPS) is 27.3. The number of aromatic nitrogens is 3. The number of carbonyl (C=O) groups is 3. The molecule has 13 nitrogen and oxygen atoms in total. The Morgan fingerprint density at radius 2 is 1.86 bits per heavy atom. The molecule has 9 rings (SSSR count). The van der Waals surface area contributed by atoms with Gasteiger partial charge in [0.15, 0.2) is 0 Å². The highest BCUT2D eigenvalue weighted by Crippen LogP contribution is 2.54. The van der Waals surface area contributed by atoms with Gasteiger partial charge in [0.25, 0.3) is 5.91 Å². The first-order valence-corrected chi connectivity index (χ1v) is 24.1. The maximum Gasteiger partial charge on any atom is 0.324 e. The van der Waals surface area contributed by atoms with Gasteiger partial charge in [0, 0.05) is 89.2 Å². The highest BCUT2D eigenvalue weighted by atomic mass is 32.2. The molecule has 2 amide bonds. The van der Waals surface area contributed by atoms with E-state index in [0.717, 1.165) is 55.4 Å². The first-order valence-electron chi connectivity index (χ1n) is 23.2. The third-order valence-corrected chi connectivity index (χ3v) is 15.0. The summed E-state index contributed by atoms with van der Waals surface area (Å²) in [7, 11) is 1.70. The lowest BCUT2D eigenvalue weighted by Crippen LogP contribution is -2.63. The van der Waals surface area contributed by atoms with Crippen LogP contribution >= 0.6 is 11.8 Å². The number of amides is 2. The summed E-state index contributed by atoms with van der Waals surface area (Å²) >= 11 is 1.58. The van der Waals surface area contributed by atoms with E-state index in [2.05, 4.69) is 86.3 Å². The van der Waals surface area contributed by atoms with E-state index in [0.29, 0.717) is 37.4 Å². The molecule has 1 saturated carbocycles. The van der Waals surface area contributed by atoms with Crippen LogP contribution in [0.3, 0.4) is 0 Å². The van der Waals surface area contributed by atoms with Gasteiger partial charge in [0.05, 0.1) is 30.1 Å². The molecule has 1 aliphatic carbocycles. The van der Waals surface area contributed by atoms with Crippen molar-refractivity contribution in [1.82, 2.24) is 30.3 Å². The molecule has 1 saturated heterocycles. The molecule has 6 heterocycles. The van der Waals surface area contributed by atoms with Crippen LogP contribution in [0.25, 0.3) is 32.9 Å². The standard InChI is InChI=1S/C51H61N7O6S/c1-9-57-39-20-19-32-23-35(39)36(45(57)34-17-13-21-52-42(34)29(4)62-8)25-51(6,7)27-64-50(61)37-18-14-22-58(56-37)49(60)44(46(63-10-2)48-55-43(32)30(5)65-48)54-47(59)41-28(3)40(41)38-24-31-15-11-12-16-33(31)26-53-38/h11-13,15-17,19-21,23-24,26,28-30,37,40-41,43-44,46,56H,9-10,14,18,22,25,27H2,1-8H3,(H,54,59)/t28-,29-,30?,37-,40-,41+,43?,44-,46-/m0/s1. The summed E-state index contributed by atoms with van der Waals surface area (Å²) in [6.45, 7) is 16.0. The van der Waals surface area contributed by atoms with Crippen LogP contribution in [0.1, 0.15) is 102 Å². The number of hydrazine groups is 1. The van der Waals surface area contributed by atoms with Gasteiger partial charge in [-0.25, -0.2) is 5.43 Å². The zero-order valence-electron chi connectivity index (χ0n) is 38.7. The van der Waals surface area contributed by atoms with E-state index in [1.807, 2.05) is 50.5 Å². The minimum Gasteiger partial charge on any atom is -0.464 e. The fraction of sp³-hybridized carbons (Fsp3) is 0.490. The van der Waals surface area contributed by atoms with Gasteiger partial charge in [-0.2, -0.15) is 0 Å². The van der Waals surface area contributed by atoms with E-state index in [9.17, 15) is 14.4 Å². The number of benzene rings is 2. The molecule has 14 heteroatoms. The van der Waals surface area contributed by atoms with Crippen molar-refractivity contribution in [3.8, 4) is 11.3 Å². The summed E-state index contributed by atoms with van der Waals surface area (Å²) in [5.74, 6) is -1.53. The van der Waals surface area contributed by atoms with Crippen LogP contribution in [0.4, 0.5) is 0 Å². The number of thioether (sulfide) groups is 1. The number of carbonyl (C=O) groups excluding carboxylic acids is 3. The highest BCUT2D eigenvalue weighted by Gasteiger charge is 2.55. The van der Waals surface area contributed by atoms with Crippen LogP contribution in [0, 0.1) is 17.3 Å². The summed E-state index contributed by atoms with van der Waals surface area (Å²) in [5, 5.41) is 8.52. The number of hydrogen-bond acceptors (Lipinski definition) is 11. The van der Waals surface area contributed by atoms with Crippen molar-refractivity contribution in [3.63, 3.8) is 0 Å². The van der Waals surface area contributed by atoms with Crippen LogP contribution < -0.4 is 10.7 Å². The fourth-order valence-electron chi connectivity index (χ4n) is 10.3. The number of aliphatic imine (C=N–C) groups is 1. The Hall–Kier alpha value is -5.15. The molecule has 2 fully saturated rings. The first kappa shape index (κ1) is 45.0. The molecule has 9 atom stereocenters. The minimum atomic E-state index is -1.13. The van der Waals surface area contributed by atoms with E-state index < -0.39 is 35.5 Å². The summed E-state index contributed by atoms with van der Waals surface area (Å²) in [4.78, 5) is 58.5. The number of methoxy groups -OCH3 is 1. The number of ether oxygens (including phenoxy) is 3. The van der Waals surface area contributed by atoms with Crippen molar-refractivity contribution >= 4 is 56.3 Å². The van der Waals surface area contributed by atoms with Crippen LogP contribution in [0.5, 0.6) is 0 Å². The number of aryl methyl sites for hydroxylation is 1. The number of esters is 1. The Balaban J connectivity index is 1.14. The number of cyclic esters (lactones) is 1. The average molecular weight is 900 g/mol. The predicted molar refractivity (Wildman–Crippen MR) is 254 cm³/mol. The Bertz CT molecular complexity index is 2660. The minimum absolute atomic E-state index is 0.00521. The topological polar surface area (TPSA) is 149 Å². The number of pyridine rings is 2. The molecule has 0 spiro atoms. The summed E-state index contributed by atoms with van der Waals surface area (Å²) < 4.78 is 20.9. The van der Waals surface area contributed by atoms with Gasteiger partial charge < -0.3 is 24.1 Å². The van der Waals surface area contributed by atoms with Crippen molar-refractivity contribution in [2.75, 3.05) is 26.9 Å². The second kappa shape index (κ2) is 18.3. The maximum atomic E-state index is 15.0. The van der Waals surface area contributed by atoms with Crippen molar-refractivity contribution < 1.29 is 28.6 Å². The number of rotatable bonds is 9. The molecule has 3 aromatic heterocycles. The van der Waals surface area contributed by atoms with E-state index >= 15 is 0 Å². The highest BCUT2D eigenvalue weighted by molar-refractivity contribution is 8.14. The van der Waals surface area contributed by atoms with Crippen molar-refractivity contribution in [3.05, 3.63) is 95.6 Å². The van der Waals surface area contributed by atoms with E-state index in [-0.39, 0.29) is 54.3 Å². The molecule has 2 N–H and O–H groups in total. The van der Waals surface area contributed by atoms with Crippen molar-refractivity contribution in [2.45, 2.75) is 116 Å². The third-order valence-electron chi connectivity index (χ3n) is 13.8. The number of nitrogens with zero attached hydrogens (tertiary/aromatic N) is 5. The zero-order chi connectivity index (χ0) is 45.7. The Morgan fingerprint density at radius 3 is 2.63 bits per heavy atom. The Morgan fingerprint density at radius 1 is 1.06 bits per heavy atom. The fourth-order valence-corrected chi connectivity index (χ4v) is 11.5. The van der Waals surface area contributed by atoms with Gasteiger partial charge in [0.1, 0.15) is 23.2 Å². The zero-order valence-corrected chi connectivity index (χ0v) is 39.5. The molecule has 65 heavy (non-hydrogen) atoms. The van der Waals surface area contributed by atoms with Crippen LogP contribution in [0.15, 0.2) is 78.0 Å². The predicted octanol–water partition coefficient (Wildman–Crippen LogP) is 8.11. The lowest BCUT2D eigenvalue weighted by atomic mass is 9.84. The van der Waals surface area contributed by atoms with Crippen LogP contribution in [-0.4, -0.2) is 92.7 Å². The van der Waals surface area contributed by atoms with Gasteiger partial charge in [-0.05, 0) is 92.8 Å². The van der Waals surface area contributed by atoms with Gasteiger partial charge in [0.2, 0.25) is 5.91 Å². The lowest BCUT2D eigenvalue weighted by molar-refractivity contribution is -0.156. The summed E-state index contributed by atoms with van der Waals surface area (Å²) in [6.07, 6.45) is 4.22. The van der Waals surface area contributed by atoms with E-state index in [4.69, 9.17) is 29.2 Å².